The summed E-state index contributed by atoms with van der Waals surface area (Å²) < 4.78 is 0. The number of anilines is 2. The maximum Gasteiger partial charge on any atom is 0.262 e. The summed E-state index contributed by atoms with van der Waals surface area (Å²) in [5.41, 5.74) is 2.18. The van der Waals surface area contributed by atoms with E-state index >= 15 is 0 Å². The van der Waals surface area contributed by atoms with E-state index in [9.17, 15) is 24.0 Å². The fraction of sp³-hybridized carbons (Fsp3) is 0.595. The van der Waals surface area contributed by atoms with E-state index < -0.39 is 23.8 Å². The average Bonchev–Trinajstić information content (AvgIpc) is 3.34. The minimum Gasteiger partial charge on any atom is -0.369 e. The molecule has 2 N–H and O–H groups in total. The largest absolute Gasteiger partial charge is 0.369 e. The van der Waals surface area contributed by atoms with Crippen LogP contribution < -0.4 is 20.4 Å². The van der Waals surface area contributed by atoms with Crippen LogP contribution in [0.25, 0.3) is 0 Å². The van der Waals surface area contributed by atoms with E-state index in [1.165, 1.54) is 0 Å². The molecule has 266 valence electrons. The number of piperazine rings is 1. The SMILES string of the molecule is CC1(C)CC(C)(C)C1NC(=O)c1cnc(N2CCC(CCN3CCN(c4ccc5c(c4)C(=O)N(C4CCC(=O)NC4=O)C5=O)CC3)CC2)nc1. The quantitative estimate of drug-likeness (QED) is 0.398. The number of amides is 5. The summed E-state index contributed by atoms with van der Waals surface area (Å²) in [6, 6.07) is 4.49. The molecule has 1 aromatic heterocycles. The molecule has 1 saturated carbocycles. The van der Waals surface area contributed by atoms with Gasteiger partial charge in [0.15, 0.2) is 0 Å². The standard InChI is InChI=1S/C37H48N8O5/c1-36(2)22-37(3,4)34(36)41-30(47)24-20-38-35(39-21-24)44-13-10-23(11-14-44)9-12-42-15-17-43(18-16-42)25-5-6-26-27(19-25)33(50)45(32(26)49)28-7-8-29(46)40-31(28)48/h5-6,19-21,23,28,34H,7-18,22H2,1-4H3,(H,41,47)(H,40,46,48). The molecule has 3 saturated heterocycles. The molecule has 5 amide bonds. The molecule has 13 nitrogen and oxygen atoms in total. The first-order chi connectivity index (χ1) is 23.8. The Morgan fingerprint density at radius 1 is 0.860 bits per heavy atom. The predicted molar refractivity (Wildman–Crippen MR) is 187 cm³/mol. The minimum absolute atomic E-state index is 0.0835. The molecule has 0 radical (unpaired) electrons. The van der Waals surface area contributed by atoms with Crippen molar-refractivity contribution in [3.8, 4) is 0 Å². The molecule has 5 aliphatic rings. The first-order valence-electron chi connectivity index (χ1n) is 18.0. The molecule has 2 aromatic rings. The summed E-state index contributed by atoms with van der Waals surface area (Å²) >= 11 is 0. The van der Waals surface area contributed by atoms with E-state index in [1.807, 2.05) is 6.07 Å². The van der Waals surface area contributed by atoms with Gasteiger partial charge in [-0.2, -0.15) is 0 Å². The number of hydrogen-bond donors (Lipinski definition) is 2. The highest BCUT2D eigenvalue weighted by Gasteiger charge is 2.53. The average molecular weight is 685 g/mol. The normalized spacial score (nSPS) is 24.2. The zero-order valence-corrected chi connectivity index (χ0v) is 29.5. The van der Waals surface area contributed by atoms with Crippen molar-refractivity contribution < 1.29 is 24.0 Å². The van der Waals surface area contributed by atoms with Gasteiger partial charge in [0.1, 0.15) is 6.04 Å². The summed E-state index contributed by atoms with van der Waals surface area (Å²) in [6.07, 6.45) is 7.91. The third-order valence-electron chi connectivity index (χ3n) is 11.6. The van der Waals surface area contributed by atoms with Gasteiger partial charge in [-0.3, -0.25) is 39.1 Å². The summed E-state index contributed by atoms with van der Waals surface area (Å²) in [5, 5.41) is 5.45. The molecule has 4 aliphatic heterocycles. The number of imide groups is 2. The van der Waals surface area contributed by atoms with Crippen molar-refractivity contribution in [3.05, 3.63) is 47.3 Å². The highest BCUT2D eigenvalue weighted by Crippen LogP contribution is 2.53. The van der Waals surface area contributed by atoms with Crippen LogP contribution >= 0.6 is 0 Å². The number of rotatable bonds is 8. The Bertz CT molecular complexity index is 1680. The first-order valence-corrected chi connectivity index (χ1v) is 18.0. The van der Waals surface area contributed by atoms with E-state index in [-0.39, 0.29) is 41.5 Å². The summed E-state index contributed by atoms with van der Waals surface area (Å²) in [4.78, 5) is 80.3. The van der Waals surface area contributed by atoms with E-state index in [0.29, 0.717) is 28.6 Å². The Labute approximate surface area is 293 Å². The van der Waals surface area contributed by atoms with Gasteiger partial charge in [-0.25, -0.2) is 9.97 Å². The number of piperidine rings is 2. The molecule has 50 heavy (non-hydrogen) atoms. The highest BCUT2D eigenvalue weighted by molar-refractivity contribution is 6.23. The number of aromatic nitrogens is 2. The monoisotopic (exact) mass is 684 g/mol. The maximum atomic E-state index is 13.3. The lowest BCUT2D eigenvalue weighted by Gasteiger charge is -2.57. The van der Waals surface area contributed by atoms with E-state index in [0.717, 1.165) is 82.1 Å². The van der Waals surface area contributed by atoms with Crippen molar-refractivity contribution in [3.63, 3.8) is 0 Å². The van der Waals surface area contributed by atoms with E-state index in [1.54, 1.807) is 24.5 Å². The lowest BCUT2D eigenvalue weighted by molar-refractivity contribution is -0.136. The van der Waals surface area contributed by atoms with Crippen LogP contribution in [-0.4, -0.2) is 107 Å². The number of fused-ring (bicyclic) bond motifs is 1. The van der Waals surface area contributed by atoms with Gasteiger partial charge in [-0.1, -0.05) is 27.7 Å². The summed E-state index contributed by atoms with van der Waals surface area (Å²) in [6.45, 7) is 15.1. The van der Waals surface area contributed by atoms with Crippen LogP contribution in [0.5, 0.6) is 0 Å². The van der Waals surface area contributed by atoms with Gasteiger partial charge in [0, 0.05) is 69.8 Å². The van der Waals surface area contributed by atoms with Gasteiger partial charge in [0.25, 0.3) is 17.7 Å². The van der Waals surface area contributed by atoms with Crippen molar-refractivity contribution >= 4 is 41.2 Å². The van der Waals surface area contributed by atoms with Crippen LogP contribution in [0.2, 0.25) is 0 Å². The summed E-state index contributed by atoms with van der Waals surface area (Å²) in [5.74, 6) is -0.741. The zero-order valence-electron chi connectivity index (χ0n) is 29.5. The molecule has 0 bridgehead atoms. The molecule has 1 atom stereocenters. The third kappa shape index (κ3) is 6.47. The zero-order chi connectivity index (χ0) is 35.4. The topological polar surface area (TPSA) is 148 Å². The Morgan fingerprint density at radius 2 is 1.52 bits per heavy atom. The molecule has 1 unspecified atom stereocenters. The van der Waals surface area contributed by atoms with Gasteiger partial charge in [0.05, 0.1) is 16.7 Å². The first kappa shape index (κ1) is 34.1. The number of nitrogens with zero attached hydrogens (tertiary/aromatic N) is 6. The van der Waals surface area contributed by atoms with Crippen LogP contribution in [0.3, 0.4) is 0 Å². The molecule has 7 rings (SSSR count). The van der Waals surface area contributed by atoms with Crippen LogP contribution in [0, 0.1) is 16.7 Å². The fourth-order valence-corrected chi connectivity index (χ4v) is 9.18. The second kappa shape index (κ2) is 13.1. The Morgan fingerprint density at radius 3 is 2.16 bits per heavy atom. The smallest absolute Gasteiger partial charge is 0.262 e. The molecular formula is C37H48N8O5. The molecule has 5 heterocycles. The molecule has 0 spiro atoms. The Kier molecular flexibility index (Phi) is 8.90. The molecule has 4 fully saturated rings. The Balaban J connectivity index is 0.848. The molecule has 1 aliphatic carbocycles. The van der Waals surface area contributed by atoms with Crippen molar-refractivity contribution in [2.24, 2.45) is 16.7 Å². The van der Waals surface area contributed by atoms with Gasteiger partial charge in [-0.15, -0.1) is 0 Å². The number of benzene rings is 1. The van der Waals surface area contributed by atoms with Crippen molar-refractivity contribution in [1.82, 2.24) is 30.4 Å². The number of hydrogen-bond acceptors (Lipinski definition) is 10. The van der Waals surface area contributed by atoms with Crippen LogP contribution in [0.15, 0.2) is 30.6 Å². The van der Waals surface area contributed by atoms with Gasteiger partial charge in [-0.05, 0) is 73.6 Å². The van der Waals surface area contributed by atoms with E-state index in [2.05, 4.69) is 63.0 Å². The number of carbonyl (C=O) groups is 5. The minimum atomic E-state index is -0.962. The lowest BCUT2D eigenvalue weighted by Crippen LogP contribution is -2.63. The van der Waals surface area contributed by atoms with Crippen LogP contribution in [0.4, 0.5) is 11.6 Å². The van der Waals surface area contributed by atoms with Gasteiger partial charge >= 0.3 is 0 Å². The number of carbonyl (C=O) groups excluding carboxylic acids is 5. The van der Waals surface area contributed by atoms with Gasteiger partial charge in [0.2, 0.25) is 17.8 Å². The van der Waals surface area contributed by atoms with Crippen LogP contribution in [-0.2, 0) is 9.59 Å². The lowest BCUT2D eigenvalue weighted by atomic mass is 9.52. The van der Waals surface area contributed by atoms with Crippen molar-refractivity contribution in [2.75, 3.05) is 55.6 Å². The highest BCUT2D eigenvalue weighted by atomic mass is 16.2. The Hall–Kier alpha value is -4.39. The maximum absolute atomic E-state index is 13.3. The van der Waals surface area contributed by atoms with Crippen molar-refractivity contribution in [2.45, 2.75) is 78.3 Å². The molecule has 1 aromatic carbocycles. The van der Waals surface area contributed by atoms with Crippen LogP contribution in [0.1, 0.15) is 97.3 Å². The van der Waals surface area contributed by atoms with E-state index in [4.69, 9.17) is 0 Å². The number of nitrogens with one attached hydrogen (secondary N) is 2. The third-order valence-corrected chi connectivity index (χ3v) is 11.6. The molecule has 13 heteroatoms. The van der Waals surface area contributed by atoms with Crippen molar-refractivity contribution in [1.29, 1.82) is 0 Å². The second-order valence-corrected chi connectivity index (χ2v) is 16.1. The predicted octanol–water partition coefficient (Wildman–Crippen LogP) is 2.86. The second-order valence-electron chi connectivity index (χ2n) is 16.1. The molecular weight excluding hydrogens is 636 g/mol. The van der Waals surface area contributed by atoms with Gasteiger partial charge < -0.3 is 15.1 Å². The fourth-order valence-electron chi connectivity index (χ4n) is 9.18. The summed E-state index contributed by atoms with van der Waals surface area (Å²) in [7, 11) is 0.